The highest BCUT2D eigenvalue weighted by Gasteiger charge is 2.29. The lowest BCUT2D eigenvalue weighted by molar-refractivity contribution is -0.126. The molecule has 0 aromatic heterocycles. The average Bonchev–Trinajstić information content (AvgIpc) is 2.64. The number of carbonyl (C=O) groups is 2. The third-order valence-electron chi connectivity index (χ3n) is 5.17. The first kappa shape index (κ1) is 21.7. The van der Waals surface area contributed by atoms with Gasteiger partial charge in [-0.15, -0.1) is 0 Å². The van der Waals surface area contributed by atoms with E-state index >= 15 is 0 Å². The summed E-state index contributed by atoms with van der Waals surface area (Å²) in [7, 11) is 0. The molecule has 2 amide bonds. The lowest BCUT2D eigenvalue weighted by Gasteiger charge is -2.33. The summed E-state index contributed by atoms with van der Waals surface area (Å²) in [4.78, 5) is 29.4. The molecule has 1 aliphatic heterocycles. The Labute approximate surface area is 168 Å². The van der Waals surface area contributed by atoms with Crippen LogP contribution in [0.2, 0.25) is 5.02 Å². The highest BCUT2D eigenvalue weighted by atomic mass is 35.5. The van der Waals surface area contributed by atoms with Gasteiger partial charge in [-0.05, 0) is 64.8 Å². The normalized spacial score (nSPS) is 17.6. The Morgan fingerprint density at radius 1 is 1.19 bits per heavy atom. The van der Waals surface area contributed by atoms with Crippen LogP contribution in [0.3, 0.4) is 0 Å². The molecule has 5 nitrogen and oxygen atoms in total. The van der Waals surface area contributed by atoms with E-state index in [0.717, 1.165) is 19.4 Å². The van der Waals surface area contributed by atoms with Gasteiger partial charge in [-0.1, -0.05) is 11.6 Å². The molecule has 1 aromatic carbocycles. The molecular formula is C21H32ClN3O2. The molecule has 1 fully saturated rings. The first-order chi connectivity index (χ1) is 12.8. The lowest BCUT2D eigenvalue weighted by atomic mass is 9.96. The second-order valence-electron chi connectivity index (χ2n) is 7.81. The van der Waals surface area contributed by atoms with Gasteiger partial charge in [0.1, 0.15) is 0 Å². The van der Waals surface area contributed by atoms with Gasteiger partial charge in [-0.3, -0.25) is 14.5 Å². The number of carbonyl (C=O) groups excluding carboxylic acids is 2. The Morgan fingerprint density at radius 3 is 2.41 bits per heavy atom. The minimum Gasteiger partial charge on any atom is -0.355 e. The second kappa shape index (κ2) is 10.1. The number of benzene rings is 1. The highest BCUT2D eigenvalue weighted by molar-refractivity contribution is 6.30. The molecule has 27 heavy (non-hydrogen) atoms. The van der Waals surface area contributed by atoms with Crippen LogP contribution >= 0.6 is 11.6 Å². The molecule has 1 atom stereocenters. The number of likely N-dealkylation sites (tertiary alicyclic amines) is 1. The molecule has 1 saturated heterocycles. The number of rotatable bonds is 7. The zero-order valence-electron chi connectivity index (χ0n) is 16.9. The number of hydrogen-bond acceptors (Lipinski definition) is 3. The Balaban J connectivity index is 1.86. The molecule has 1 N–H and O–H groups in total. The molecular weight excluding hydrogens is 362 g/mol. The summed E-state index contributed by atoms with van der Waals surface area (Å²) in [5.41, 5.74) is 0.616. The van der Waals surface area contributed by atoms with E-state index in [1.807, 2.05) is 0 Å². The van der Waals surface area contributed by atoms with Crippen molar-refractivity contribution < 1.29 is 9.59 Å². The van der Waals surface area contributed by atoms with Crippen LogP contribution in [0.1, 0.15) is 50.9 Å². The monoisotopic (exact) mass is 393 g/mol. The second-order valence-corrected chi connectivity index (χ2v) is 8.25. The Bertz CT molecular complexity index is 623. The van der Waals surface area contributed by atoms with Gasteiger partial charge >= 0.3 is 0 Å². The quantitative estimate of drug-likeness (QED) is 0.772. The van der Waals surface area contributed by atoms with Crippen LogP contribution in [0.15, 0.2) is 24.3 Å². The lowest BCUT2D eigenvalue weighted by Crippen LogP contribution is -2.47. The van der Waals surface area contributed by atoms with Crippen LogP contribution in [-0.2, 0) is 4.79 Å². The summed E-state index contributed by atoms with van der Waals surface area (Å²) in [6.45, 7) is 11.3. The predicted molar refractivity (Wildman–Crippen MR) is 110 cm³/mol. The van der Waals surface area contributed by atoms with Crippen LogP contribution in [0, 0.1) is 5.92 Å². The summed E-state index contributed by atoms with van der Waals surface area (Å²) in [5.74, 6) is -0.118. The molecule has 0 bridgehead atoms. The van der Waals surface area contributed by atoms with Gasteiger partial charge in [0.05, 0.1) is 5.92 Å². The van der Waals surface area contributed by atoms with Crippen LogP contribution in [0.25, 0.3) is 0 Å². The molecule has 1 heterocycles. The number of nitrogens with one attached hydrogen (secondary N) is 1. The van der Waals surface area contributed by atoms with Gasteiger partial charge < -0.3 is 10.2 Å². The molecule has 0 aliphatic carbocycles. The minimum absolute atomic E-state index is 0.0324. The van der Waals surface area contributed by atoms with E-state index in [2.05, 4.69) is 37.9 Å². The van der Waals surface area contributed by atoms with Gasteiger partial charge in [-0.25, -0.2) is 0 Å². The number of amides is 2. The topological polar surface area (TPSA) is 52.7 Å². The third kappa shape index (κ3) is 6.22. The van der Waals surface area contributed by atoms with Crippen molar-refractivity contribution in [3.05, 3.63) is 34.9 Å². The first-order valence-electron chi connectivity index (χ1n) is 9.88. The molecule has 150 valence electrons. The molecule has 6 heteroatoms. The fraction of sp³-hybridized carbons (Fsp3) is 0.619. The first-order valence-corrected chi connectivity index (χ1v) is 10.3. The summed E-state index contributed by atoms with van der Waals surface area (Å²) >= 11 is 5.90. The fourth-order valence-electron chi connectivity index (χ4n) is 3.72. The minimum atomic E-state index is -0.137. The number of piperidine rings is 1. The molecule has 2 rings (SSSR count). The van der Waals surface area contributed by atoms with Crippen LogP contribution in [0.5, 0.6) is 0 Å². The average molecular weight is 394 g/mol. The molecule has 1 aliphatic rings. The van der Waals surface area contributed by atoms with Crippen molar-refractivity contribution in [2.75, 3.05) is 26.2 Å². The van der Waals surface area contributed by atoms with E-state index in [-0.39, 0.29) is 17.7 Å². The van der Waals surface area contributed by atoms with E-state index in [9.17, 15) is 9.59 Å². The largest absolute Gasteiger partial charge is 0.355 e. The smallest absolute Gasteiger partial charge is 0.253 e. The van der Waals surface area contributed by atoms with Crippen molar-refractivity contribution >= 4 is 23.4 Å². The maximum Gasteiger partial charge on any atom is 0.253 e. The summed E-state index contributed by atoms with van der Waals surface area (Å²) < 4.78 is 0. The SMILES string of the molecule is CC(C)N(CCNC(=O)C1CCCN(C(=O)c2ccc(Cl)cc2)C1)C(C)C. The molecule has 0 spiro atoms. The molecule has 0 radical (unpaired) electrons. The number of halogens is 1. The van der Waals surface area contributed by atoms with Gasteiger partial charge in [0.25, 0.3) is 5.91 Å². The Morgan fingerprint density at radius 2 is 1.81 bits per heavy atom. The molecule has 1 aromatic rings. The van der Waals surface area contributed by atoms with Crippen LogP contribution in [0.4, 0.5) is 0 Å². The number of hydrogen-bond donors (Lipinski definition) is 1. The van der Waals surface area contributed by atoms with Gasteiger partial charge in [0.15, 0.2) is 0 Å². The summed E-state index contributed by atoms with van der Waals surface area (Å²) in [6.07, 6.45) is 1.68. The molecule has 0 saturated carbocycles. The van der Waals surface area contributed by atoms with Crippen molar-refractivity contribution in [3.63, 3.8) is 0 Å². The summed E-state index contributed by atoms with van der Waals surface area (Å²) in [6, 6.07) is 7.81. The zero-order chi connectivity index (χ0) is 20.0. The van der Waals surface area contributed by atoms with E-state index in [1.165, 1.54) is 0 Å². The standard InChI is InChI=1S/C21H32ClN3O2/c1-15(2)25(16(3)4)13-11-23-20(26)18-6-5-12-24(14-18)21(27)17-7-9-19(22)10-8-17/h7-10,15-16,18H,5-6,11-14H2,1-4H3,(H,23,26). The van der Waals surface area contributed by atoms with Crippen LogP contribution in [-0.4, -0.2) is 59.9 Å². The van der Waals surface area contributed by atoms with Crippen molar-refractivity contribution in [2.45, 2.75) is 52.6 Å². The van der Waals surface area contributed by atoms with E-state index in [4.69, 9.17) is 11.6 Å². The maximum absolute atomic E-state index is 12.7. The van der Waals surface area contributed by atoms with Gasteiger partial charge in [0.2, 0.25) is 5.91 Å². The van der Waals surface area contributed by atoms with Crippen molar-refractivity contribution in [2.24, 2.45) is 5.92 Å². The van der Waals surface area contributed by atoms with Gasteiger partial charge in [-0.2, -0.15) is 0 Å². The zero-order valence-corrected chi connectivity index (χ0v) is 17.6. The summed E-state index contributed by atoms with van der Waals surface area (Å²) in [5, 5.41) is 3.67. The van der Waals surface area contributed by atoms with Crippen molar-refractivity contribution in [1.82, 2.24) is 15.1 Å². The Kier molecular flexibility index (Phi) is 8.11. The Hall–Kier alpha value is -1.59. The van der Waals surface area contributed by atoms with E-state index in [1.54, 1.807) is 29.2 Å². The maximum atomic E-state index is 12.7. The van der Waals surface area contributed by atoms with Crippen LogP contribution < -0.4 is 5.32 Å². The van der Waals surface area contributed by atoms with Crippen molar-refractivity contribution in [1.29, 1.82) is 0 Å². The highest BCUT2D eigenvalue weighted by Crippen LogP contribution is 2.20. The van der Waals surface area contributed by atoms with E-state index < -0.39 is 0 Å². The van der Waals surface area contributed by atoms with Gasteiger partial charge in [0, 0.05) is 48.8 Å². The predicted octanol–water partition coefficient (Wildman–Crippen LogP) is 3.43. The molecule has 1 unspecified atom stereocenters. The fourth-order valence-corrected chi connectivity index (χ4v) is 3.84. The third-order valence-corrected chi connectivity index (χ3v) is 5.42. The van der Waals surface area contributed by atoms with Crippen molar-refractivity contribution in [3.8, 4) is 0 Å². The number of nitrogens with zero attached hydrogens (tertiary/aromatic N) is 2. The van der Waals surface area contributed by atoms with E-state index in [0.29, 0.717) is 42.3 Å².